The molecule has 5 nitrogen and oxygen atoms in total. The van der Waals surface area contributed by atoms with E-state index in [1.165, 1.54) is 7.11 Å². The van der Waals surface area contributed by atoms with Gasteiger partial charge in [-0.25, -0.2) is 4.98 Å². The molecule has 0 unspecified atom stereocenters. The molecule has 0 saturated carbocycles. The summed E-state index contributed by atoms with van der Waals surface area (Å²) < 4.78 is 44.8. The SMILES string of the molecule is COc1nc(CN)c(OC(F)(F)F)cc1CO. The molecule has 1 aromatic heterocycles. The second kappa shape index (κ2) is 5.19. The number of hydrogen-bond donors (Lipinski definition) is 2. The summed E-state index contributed by atoms with van der Waals surface area (Å²) in [5, 5.41) is 8.95. The van der Waals surface area contributed by atoms with E-state index in [4.69, 9.17) is 15.6 Å². The Hall–Kier alpha value is -1.54. The average Bonchev–Trinajstić information content (AvgIpc) is 2.26. The fraction of sp³-hybridized carbons (Fsp3) is 0.444. The van der Waals surface area contributed by atoms with Gasteiger partial charge in [0.05, 0.1) is 13.7 Å². The monoisotopic (exact) mass is 252 g/mol. The molecule has 1 rings (SSSR count). The molecule has 17 heavy (non-hydrogen) atoms. The maximum atomic E-state index is 12.1. The number of rotatable bonds is 4. The summed E-state index contributed by atoms with van der Waals surface area (Å²) in [6.45, 7) is -0.761. The fourth-order valence-corrected chi connectivity index (χ4v) is 1.20. The van der Waals surface area contributed by atoms with Gasteiger partial charge in [-0.3, -0.25) is 0 Å². The first-order chi connectivity index (χ1) is 7.91. The van der Waals surface area contributed by atoms with Gasteiger partial charge in [-0.05, 0) is 6.07 Å². The third-order valence-corrected chi connectivity index (χ3v) is 1.88. The van der Waals surface area contributed by atoms with E-state index < -0.39 is 18.7 Å². The number of halogens is 3. The number of alkyl halides is 3. The van der Waals surface area contributed by atoms with Crippen LogP contribution in [-0.2, 0) is 13.2 Å². The van der Waals surface area contributed by atoms with Crippen LogP contribution in [-0.4, -0.2) is 23.6 Å². The molecule has 0 aliphatic rings. The largest absolute Gasteiger partial charge is 0.573 e. The van der Waals surface area contributed by atoms with Crippen molar-refractivity contribution in [1.82, 2.24) is 4.98 Å². The molecule has 0 radical (unpaired) electrons. The summed E-state index contributed by atoms with van der Waals surface area (Å²) in [7, 11) is 1.28. The summed E-state index contributed by atoms with van der Waals surface area (Å²) in [6.07, 6.45) is -4.84. The van der Waals surface area contributed by atoms with Gasteiger partial charge in [0.25, 0.3) is 0 Å². The second-order valence-electron chi connectivity index (χ2n) is 3.01. The highest BCUT2D eigenvalue weighted by molar-refractivity contribution is 5.38. The molecule has 1 heterocycles. The van der Waals surface area contributed by atoms with Crippen molar-refractivity contribution in [2.45, 2.75) is 19.5 Å². The number of pyridine rings is 1. The molecule has 0 atom stereocenters. The Bertz CT molecular complexity index is 396. The summed E-state index contributed by atoms with van der Waals surface area (Å²) in [5.41, 5.74) is 5.24. The molecule has 0 aliphatic carbocycles. The molecule has 0 aromatic carbocycles. The van der Waals surface area contributed by atoms with E-state index in [-0.39, 0.29) is 23.7 Å². The van der Waals surface area contributed by atoms with Crippen LogP contribution in [0.1, 0.15) is 11.3 Å². The van der Waals surface area contributed by atoms with Gasteiger partial charge < -0.3 is 20.3 Å². The number of aliphatic hydroxyl groups is 1. The molecule has 0 bridgehead atoms. The molecule has 1 aromatic rings. The number of nitrogens with zero attached hydrogens (tertiary/aromatic N) is 1. The lowest BCUT2D eigenvalue weighted by Crippen LogP contribution is -2.19. The lowest BCUT2D eigenvalue weighted by atomic mass is 10.2. The predicted molar refractivity (Wildman–Crippen MR) is 51.3 cm³/mol. The van der Waals surface area contributed by atoms with Gasteiger partial charge in [-0.15, -0.1) is 13.2 Å². The minimum absolute atomic E-state index is 0.0162. The maximum Gasteiger partial charge on any atom is 0.573 e. The lowest BCUT2D eigenvalue weighted by Gasteiger charge is -2.14. The van der Waals surface area contributed by atoms with Crippen molar-refractivity contribution in [2.75, 3.05) is 7.11 Å². The van der Waals surface area contributed by atoms with E-state index in [0.29, 0.717) is 0 Å². The molecule has 0 spiro atoms. The number of aromatic nitrogens is 1. The molecular formula is C9H11F3N2O3. The second-order valence-corrected chi connectivity index (χ2v) is 3.01. The Morgan fingerprint density at radius 1 is 1.47 bits per heavy atom. The Kier molecular flexibility index (Phi) is 4.13. The van der Waals surface area contributed by atoms with Crippen molar-refractivity contribution < 1.29 is 27.8 Å². The maximum absolute atomic E-state index is 12.1. The van der Waals surface area contributed by atoms with Gasteiger partial charge in [-0.1, -0.05) is 0 Å². The minimum Gasteiger partial charge on any atom is -0.481 e. The number of nitrogens with two attached hydrogens (primary N) is 1. The van der Waals surface area contributed by atoms with Crippen LogP contribution < -0.4 is 15.2 Å². The summed E-state index contributed by atoms with van der Waals surface area (Å²) in [5.74, 6) is -0.521. The summed E-state index contributed by atoms with van der Waals surface area (Å²) in [4.78, 5) is 3.73. The number of ether oxygens (including phenoxy) is 2. The van der Waals surface area contributed by atoms with E-state index in [1.54, 1.807) is 0 Å². The van der Waals surface area contributed by atoms with Crippen molar-refractivity contribution in [1.29, 1.82) is 0 Å². The van der Waals surface area contributed by atoms with Crippen LogP contribution in [0.25, 0.3) is 0 Å². The van der Waals surface area contributed by atoms with Gasteiger partial charge in [0.2, 0.25) is 5.88 Å². The third-order valence-electron chi connectivity index (χ3n) is 1.88. The van der Waals surface area contributed by atoms with Gasteiger partial charge >= 0.3 is 6.36 Å². The summed E-state index contributed by atoms with van der Waals surface area (Å²) in [6, 6.07) is 1.00. The van der Waals surface area contributed by atoms with Crippen LogP contribution >= 0.6 is 0 Å². The van der Waals surface area contributed by atoms with Crippen LogP contribution in [0, 0.1) is 0 Å². The predicted octanol–water partition coefficient (Wildman–Crippen LogP) is 0.940. The standard InChI is InChI=1S/C9H11F3N2O3/c1-16-8-5(4-15)2-7(6(3-13)14-8)17-9(10,11)12/h2,15H,3-4,13H2,1H3. The van der Waals surface area contributed by atoms with Crippen molar-refractivity contribution in [3.63, 3.8) is 0 Å². The zero-order valence-electron chi connectivity index (χ0n) is 8.91. The molecule has 8 heteroatoms. The van der Waals surface area contributed by atoms with E-state index in [9.17, 15) is 13.2 Å². The molecule has 3 N–H and O–H groups in total. The summed E-state index contributed by atoms with van der Waals surface area (Å²) >= 11 is 0. The van der Waals surface area contributed by atoms with Gasteiger partial charge in [0.15, 0.2) is 5.75 Å². The van der Waals surface area contributed by atoms with E-state index in [1.807, 2.05) is 0 Å². The van der Waals surface area contributed by atoms with Gasteiger partial charge in [0.1, 0.15) is 5.69 Å². The van der Waals surface area contributed by atoms with E-state index >= 15 is 0 Å². The highest BCUT2D eigenvalue weighted by Crippen LogP contribution is 2.29. The first-order valence-corrected chi connectivity index (χ1v) is 4.54. The van der Waals surface area contributed by atoms with Crippen LogP contribution in [0.2, 0.25) is 0 Å². The molecule has 0 saturated heterocycles. The normalized spacial score (nSPS) is 11.4. The fourth-order valence-electron chi connectivity index (χ4n) is 1.20. The molecular weight excluding hydrogens is 241 g/mol. The zero-order valence-corrected chi connectivity index (χ0v) is 8.91. The van der Waals surface area contributed by atoms with Crippen molar-refractivity contribution in [3.8, 4) is 11.6 Å². The first kappa shape index (κ1) is 13.5. The average molecular weight is 252 g/mol. The number of aliphatic hydroxyl groups excluding tert-OH is 1. The lowest BCUT2D eigenvalue weighted by molar-refractivity contribution is -0.275. The molecule has 0 amide bonds. The van der Waals surface area contributed by atoms with Crippen molar-refractivity contribution in [2.24, 2.45) is 5.73 Å². The van der Waals surface area contributed by atoms with Gasteiger partial charge in [-0.2, -0.15) is 0 Å². The van der Waals surface area contributed by atoms with E-state index in [2.05, 4.69) is 9.72 Å². The smallest absolute Gasteiger partial charge is 0.481 e. The minimum atomic E-state index is -4.84. The number of methoxy groups -OCH3 is 1. The number of hydrogen-bond acceptors (Lipinski definition) is 5. The van der Waals surface area contributed by atoms with Crippen molar-refractivity contribution in [3.05, 3.63) is 17.3 Å². The van der Waals surface area contributed by atoms with Crippen LogP contribution in [0.4, 0.5) is 13.2 Å². The van der Waals surface area contributed by atoms with Gasteiger partial charge in [0, 0.05) is 12.1 Å². The Morgan fingerprint density at radius 2 is 2.12 bits per heavy atom. The zero-order chi connectivity index (χ0) is 13.1. The highest BCUT2D eigenvalue weighted by Gasteiger charge is 2.32. The Morgan fingerprint density at radius 3 is 2.53 bits per heavy atom. The van der Waals surface area contributed by atoms with Crippen LogP contribution in [0.3, 0.4) is 0 Å². The quantitative estimate of drug-likeness (QED) is 0.833. The first-order valence-electron chi connectivity index (χ1n) is 4.54. The van der Waals surface area contributed by atoms with E-state index in [0.717, 1.165) is 6.07 Å². The molecule has 96 valence electrons. The van der Waals surface area contributed by atoms with Crippen molar-refractivity contribution >= 4 is 0 Å². The van der Waals surface area contributed by atoms with Crippen LogP contribution in [0.15, 0.2) is 6.07 Å². The third kappa shape index (κ3) is 3.46. The topological polar surface area (TPSA) is 77.6 Å². The Labute approximate surface area is 95.0 Å². The van der Waals surface area contributed by atoms with Crippen LogP contribution in [0.5, 0.6) is 11.6 Å². The molecule has 0 aliphatic heterocycles. The molecule has 0 fully saturated rings. The Balaban J connectivity index is 3.19. The highest BCUT2D eigenvalue weighted by atomic mass is 19.4.